The van der Waals surface area contributed by atoms with Crippen LogP contribution in [0.5, 0.6) is 0 Å². The van der Waals surface area contributed by atoms with Crippen LogP contribution in [0, 0.1) is 5.41 Å². The fourth-order valence-corrected chi connectivity index (χ4v) is 1.14. The van der Waals surface area contributed by atoms with Gasteiger partial charge in [-0.05, 0) is 29.1 Å². The molecule has 0 spiro atoms. The van der Waals surface area contributed by atoms with Crippen molar-refractivity contribution in [3.63, 3.8) is 0 Å². The highest BCUT2D eigenvalue weighted by molar-refractivity contribution is 6.28. The van der Waals surface area contributed by atoms with Gasteiger partial charge in [-0.3, -0.25) is 0 Å². The first-order chi connectivity index (χ1) is 5.53. The Morgan fingerprint density at radius 2 is 2.17 bits per heavy atom. The second-order valence-corrected chi connectivity index (χ2v) is 4.08. The summed E-state index contributed by atoms with van der Waals surface area (Å²) >= 11 is 5.60. The Morgan fingerprint density at radius 3 is 2.58 bits per heavy atom. The van der Waals surface area contributed by atoms with Gasteiger partial charge in [-0.2, -0.15) is 0 Å². The summed E-state index contributed by atoms with van der Waals surface area (Å²) in [6.07, 6.45) is 0.705. The van der Waals surface area contributed by atoms with E-state index in [-0.39, 0.29) is 12.0 Å². The molecule has 0 aliphatic rings. The molecule has 0 aromatic carbocycles. The van der Waals surface area contributed by atoms with Crippen molar-refractivity contribution >= 4 is 11.6 Å². The van der Waals surface area contributed by atoms with Crippen LogP contribution in [-0.4, -0.2) is 11.7 Å². The summed E-state index contributed by atoms with van der Waals surface area (Å²) in [5, 5.41) is 9.39. The molecule has 0 unspecified atom stereocenters. The third-order valence-corrected chi connectivity index (χ3v) is 1.91. The van der Waals surface area contributed by atoms with Crippen molar-refractivity contribution in [3.8, 4) is 0 Å². The number of furan rings is 1. The Bertz CT molecular complexity index is 253. The lowest BCUT2D eigenvalue weighted by Crippen LogP contribution is -2.19. The molecule has 1 aromatic heterocycles. The highest BCUT2D eigenvalue weighted by atomic mass is 35.5. The summed E-state index contributed by atoms with van der Waals surface area (Å²) in [7, 11) is 0. The Labute approximate surface area is 77.1 Å². The molecule has 1 heterocycles. The second kappa shape index (κ2) is 3.50. The summed E-state index contributed by atoms with van der Waals surface area (Å²) in [5.74, 6) is 0.819. The predicted molar refractivity (Wildman–Crippen MR) is 48.3 cm³/mol. The number of aliphatic hydroxyl groups is 1. The zero-order valence-corrected chi connectivity index (χ0v) is 8.06. The summed E-state index contributed by atoms with van der Waals surface area (Å²) in [6, 6.07) is 3.55. The Hall–Kier alpha value is -0.470. The number of halogens is 1. The van der Waals surface area contributed by atoms with Gasteiger partial charge in [0.15, 0.2) is 5.22 Å². The van der Waals surface area contributed by atoms with Gasteiger partial charge in [0, 0.05) is 13.0 Å². The van der Waals surface area contributed by atoms with E-state index < -0.39 is 0 Å². The van der Waals surface area contributed by atoms with Gasteiger partial charge in [-0.25, -0.2) is 0 Å². The number of hydrogen-bond donors (Lipinski definition) is 1. The minimum atomic E-state index is -0.138. The average molecular weight is 189 g/mol. The predicted octanol–water partition coefficient (Wildman–Crippen LogP) is 2.49. The quantitative estimate of drug-likeness (QED) is 0.791. The standard InChI is InChI=1S/C9H13ClO2/c1-9(2,6-11)5-7-3-4-8(10)12-7/h3-4,11H,5-6H2,1-2H3. The molecule has 0 radical (unpaired) electrons. The molecule has 0 bridgehead atoms. The van der Waals surface area contributed by atoms with Crippen LogP contribution >= 0.6 is 11.6 Å². The van der Waals surface area contributed by atoms with E-state index >= 15 is 0 Å². The number of rotatable bonds is 3. The molecule has 0 amide bonds. The van der Waals surface area contributed by atoms with Gasteiger partial charge >= 0.3 is 0 Å². The van der Waals surface area contributed by atoms with Crippen molar-refractivity contribution < 1.29 is 9.52 Å². The summed E-state index contributed by atoms with van der Waals surface area (Å²) < 4.78 is 5.18. The maximum absolute atomic E-state index is 8.99. The van der Waals surface area contributed by atoms with Gasteiger partial charge in [-0.15, -0.1) is 0 Å². The van der Waals surface area contributed by atoms with Crippen molar-refractivity contribution in [1.29, 1.82) is 0 Å². The number of hydrogen-bond acceptors (Lipinski definition) is 2. The van der Waals surface area contributed by atoms with Crippen molar-refractivity contribution in [2.24, 2.45) is 5.41 Å². The van der Waals surface area contributed by atoms with Crippen LogP contribution in [0.25, 0.3) is 0 Å². The Kier molecular flexibility index (Phi) is 2.80. The summed E-state index contributed by atoms with van der Waals surface area (Å²) in [5.41, 5.74) is -0.138. The summed E-state index contributed by atoms with van der Waals surface area (Å²) in [4.78, 5) is 0. The van der Waals surface area contributed by atoms with Crippen molar-refractivity contribution in [2.75, 3.05) is 6.61 Å². The van der Waals surface area contributed by atoms with Crippen LogP contribution < -0.4 is 0 Å². The molecule has 3 heteroatoms. The van der Waals surface area contributed by atoms with Crippen molar-refractivity contribution in [1.82, 2.24) is 0 Å². The Balaban J connectivity index is 2.63. The molecule has 0 atom stereocenters. The highest BCUT2D eigenvalue weighted by Gasteiger charge is 2.18. The minimum absolute atomic E-state index is 0.138. The maximum atomic E-state index is 8.99. The first-order valence-electron chi connectivity index (χ1n) is 3.88. The smallest absolute Gasteiger partial charge is 0.193 e. The maximum Gasteiger partial charge on any atom is 0.193 e. The molecule has 12 heavy (non-hydrogen) atoms. The van der Waals surface area contributed by atoms with E-state index in [0.29, 0.717) is 11.6 Å². The first-order valence-corrected chi connectivity index (χ1v) is 4.26. The lowest BCUT2D eigenvalue weighted by molar-refractivity contribution is 0.153. The SMILES string of the molecule is CC(C)(CO)Cc1ccc(Cl)o1. The minimum Gasteiger partial charge on any atom is -0.450 e. The van der Waals surface area contributed by atoms with Crippen molar-refractivity contribution in [3.05, 3.63) is 23.1 Å². The van der Waals surface area contributed by atoms with Gasteiger partial charge in [0.1, 0.15) is 5.76 Å². The van der Waals surface area contributed by atoms with Gasteiger partial charge in [0.05, 0.1) is 0 Å². The molecule has 2 nitrogen and oxygen atoms in total. The topological polar surface area (TPSA) is 33.4 Å². The van der Waals surface area contributed by atoms with E-state index in [4.69, 9.17) is 21.1 Å². The molecule has 0 fully saturated rings. The highest BCUT2D eigenvalue weighted by Crippen LogP contribution is 2.23. The van der Waals surface area contributed by atoms with E-state index in [0.717, 1.165) is 5.76 Å². The molecule has 68 valence electrons. The van der Waals surface area contributed by atoms with E-state index in [1.165, 1.54) is 0 Å². The lowest BCUT2D eigenvalue weighted by Gasteiger charge is -2.19. The average Bonchev–Trinajstić information content (AvgIpc) is 2.35. The van der Waals surface area contributed by atoms with Crippen LogP contribution in [0.4, 0.5) is 0 Å². The fourth-order valence-electron chi connectivity index (χ4n) is 0.974. The normalized spacial score (nSPS) is 12.0. The zero-order valence-electron chi connectivity index (χ0n) is 7.30. The van der Waals surface area contributed by atoms with Crippen LogP contribution in [0.3, 0.4) is 0 Å². The van der Waals surface area contributed by atoms with Gasteiger partial charge in [-0.1, -0.05) is 13.8 Å². The zero-order chi connectivity index (χ0) is 9.19. The van der Waals surface area contributed by atoms with Gasteiger partial charge in [0.2, 0.25) is 0 Å². The van der Waals surface area contributed by atoms with E-state index in [1.807, 2.05) is 19.9 Å². The molecule has 0 aliphatic carbocycles. The van der Waals surface area contributed by atoms with Crippen molar-refractivity contribution in [2.45, 2.75) is 20.3 Å². The van der Waals surface area contributed by atoms with Crippen LogP contribution in [-0.2, 0) is 6.42 Å². The third kappa shape index (κ3) is 2.54. The molecule has 1 rings (SSSR count). The fraction of sp³-hybridized carbons (Fsp3) is 0.556. The first kappa shape index (κ1) is 9.62. The number of aliphatic hydroxyl groups excluding tert-OH is 1. The second-order valence-electron chi connectivity index (χ2n) is 3.70. The summed E-state index contributed by atoms with van der Waals surface area (Å²) in [6.45, 7) is 4.10. The molecular formula is C9H13ClO2. The van der Waals surface area contributed by atoms with Gasteiger partial charge in [0.25, 0.3) is 0 Å². The largest absolute Gasteiger partial charge is 0.450 e. The van der Waals surface area contributed by atoms with E-state index in [1.54, 1.807) is 6.07 Å². The molecule has 1 aromatic rings. The monoisotopic (exact) mass is 188 g/mol. The molecule has 0 saturated carbocycles. The van der Waals surface area contributed by atoms with Crippen LogP contribution in [0.2, 0.25) is 5.22 Å². The van der Waals surface area contributed by atoms with E-state index in [9.17, 15) is 0 Å². The van der Waals surface area contributed by atoms with Gasteiger partial charge < -0.3 is 9.52 Å². The van der Waals surface area contributed by atoms with Crippen LogP contribution in [0.15, 0.2) is 16.5 Å². The lowest BCUT2D eigenvalue weighted by atomic mass is 9.89. The molecule has 0 saturated heterocycles. The molecule has 0 aliphatic heterocycles. The Morgan fingerprint density at radius 1 is 1.50 bits per heavy atom. The molecular weight excluding hydrogens is 176 g/mol. The molecule has 1 N–H and O–H groups in total. The third-order valence-electron chi connectivity index (χ3n) is 1.71. The van der Waals surface area contributed by atoms with Crippen LogP contribution in [0.1, 0.15) is 19.6 Å². The van der Waals surface area contributed by atoms with E-state index in [2.05, 4.69) is 0 Å².